The molecule has 0 amide bonds. The van der Waals surface area contributed by atoms with E-state index in [1.165, 1.54) is 0 Å². The van der Waals surface area contributed by atoms with Gasteiger partial charge in [-0.05, 0) is 64.1 Å². The van der Waals surface area contributed by atoms with Crippen molar-refractivity contribution >= 4 is 22.8 Å². The molecule has 4 heterocycles. The molecular formula is C30H42N6O4. The second-order valence-corrected chi connectivity index (χ2v) is 10.4. The predicted octanol–water partition coefficient (Wildman–Crippen LogP) is 3.67. The minimum absolute atomic E-state index is 0.111. The molecule has 10 heteroatoms. The Morgan fingerprint density at radius 3 is 2.55 bits per heavy atom. The predicted molar refractivity (Wildman–Crippen MR) is 157 cm³/mol. The summed E-state index contributed by atoms with van der Waals surface area (Å²) in [5.74, 6) is 2.48. The molecule has 0 unspecified atom stereocenters. The summed E-state index contributed by atoms with van der Waals surface area (Å²) in [5, 5.41) is 4.46. The molecule has 10 nitrogen and oxygen atoms in total. The second-order valence-electron chi connectivity index (χ2n) is 10.4. The fraction of sp³-hybridized carbons (Fsp3) is 0.567. The molecule has 40 heavy (non-hydrogen) atoms. The van der Waals surface area contributed by atoms with Crippen molar-refractivity contribution in [3.05, 3.63) is 35.9 Å². The molecule has 1 aromatic carbocycles. The van der Waals surface area contributed by atoms with Crippen molar-refractivity contribution in [1.82, 2.24) is 20.3 Å². The van der Waals surface area contributed by atoms with Crippen LogP contribution in [-0.4, -0.2) is 93.4 Å². The second kappa shape index (κ2) is 13.5. The Labute approximate surface area is 237 Å². The van der Waals surface area contributed by atoms with Crippen molar-refractivity contribution in [2.24, 2.45) is 0 Å². The van der Waals surface area contributed by atoms with Crippen LogP contribution < -0.4 is 19.9 Å². The maximum atomic E-state index is 5.97. The van der Waals surface area contributed by atoms with Gasteiger partial charge in [-0.2, -0.15) is 9.97 Å². The topological polar surface area (TPSA) is 94.1 Å². The average molecular weight is 551 g/mol. The first-order chi connectivity index (χ1) is 19.6. The van der Waals surface area contributed by atoms with Crippen LogP contribution in [0.15, 0.2) is 30.3 Å². The Kier molecular flexibility index (Phi) is 9.64. The fourth-order valence-electron chi connectivity index (χ4n) is 5.39. The third-order valence-corrected chi connectivity index (χ3v) is 7.28. The number of pyridine rings is 1. The van der Waals surface area contributed by atoms with Crippen molar-refractivity contribution < 1.29 is 18.9 Å². The highest BCUT2D eigenvalue weighted by molar-refractivity contribution is 5.90. The monoisotopic (exact) mass is 550 g/mol. The van der Waals surface area contributed by atoms with E-state index in [0.29, 0.717) is 31.4 Å². The van der Waals surface area contributed by atoms with Crippen molar-refractivity contribution in [2.75, 3.05) is 76.1 Å². The molecular weight excluding hydrogens is 508 g/mol. The molecule has 0 saturated carbocycles. The Bertz CT molecular complexity index is 1260. The van der Waals surface area contributed by atoms with Crippen molar-refractivity contribution in [2.45, 2.75) is 45.9 Å². The van der Waals surface area contributed by atoms with Crippen molar-refractivity contribution in [3.63, 3.8) is 0 Å². The summed E-state index contributed by atoms with van der Waals surface area (Å²) >= 11 is 0. The maximum Gasteiger partial charge on any atom is 0.229 e. The van der Waals surface area contributed by atoms with Crippen LogP contribution in [0.2, 0.25) is 0 Å². The van der Waals surface area contributed by atoms with Gasteiger partial charge < -0.3 is 34.1 Å². The molecule has 0 aliphatic carbocycles. The zero-order chi connectivity index (χ0) is 27.9. The Morgan fingerprint density at radius 1 is 1.00 bits per heavy atom. The fourth-order valence-corrected chi connectivity index (χ4v) is 5.39. The lowest BCUT2D eigenvalue weighted by Crippen LogP contribution is -2.46. The minimum Gasteiger partial charge on any atom is -0.496 e. The van der Waals surface area contributed by atoms with Crippen LogP contribution in [0.3, 0.4) is 0 Å². The number of benzene rings is 1. The molecule has 2 aromatic heterocycles. The molecule has 0 spiro atoms. The number of ether oxygens (including phenoxy) is 4. The van der Waals surface area contributed by atoms with Crippen LogP contribution in [0.1, 0.15) is 32.8 Å². The van der Waals surface area contributed by atoms with E-state index in [1.54, 1.807) is 7.11 Å². The molecule has 1 N–H and O–H groups in total. The summed E-state index contributed by atoms with van der Waals surface area (Å²) in [6.07, 6.45) is 1.19. The van der Waals surface area contributed by atoms with Gasteiger partial charge in [-0.15, -0.1) is 0 Å². The number of morpholine rings is 2. The van der Waals surface area contributed by atoms with Gasteiger partial charge in [-0.25, -0.2) is 4.98 Å². The van der Waals surface area contributed by atoms with Crippen molar-refractivity contribution in [1.29, 1.82) is 0 Å². The molecule has 2 aliphatic rings. The summed E-state index contributed by atoms with van der Waals surface area (Å²) in [7, 11) is 1.71. The van der Waals surface area contributed by atoms with Crippen LogP contribution in [0.5, 0.6) is 5.75 Å². The number of aromatic nitrogens is 3. The number of nitrogens with one attached hydrogen (secondary N) is 1. The molecule has 2 aliphatic heterocycles. The average Bonchev–Trinajstić information content (AvgIpc) is 2.98. The van der Waals surface area contributed by atoms with Gasteiger partial charge in [-0.1, -0.05) is 0 Å². The summed E-state index contributed by atoms with van der Waals surface area (Å²) in [4.78, 5) is 19.6. The van der Waals surface area contributed by atoms with Crippen LogP contribution in [0, 0.1) is 0 Å². The van der Waals surface area contributed by atoms with Gasteiger partial charge in [0.05, 0.1) is 43.6 Å². The quantitative estimate of drug-likeness (QED) is 0.357. The SMILES string of the molecule is CCOCCCNCc1cc(-c2ccc3c(N4CCOCC4)nc(N4C[C@@H](C)O[C@@H](C)C4)nc3n2)ccc1OC. The molecule has 3 aromatic rings. The summed E-state index contributed by atoms with van der Waals surface area (Å²) in [5.41, 5.74) is 3.68. The van der Waals surface area contributed by atoms with Gasteiger partial charge in [0.2, 0.25) is 5.95 Å². The van der Waals surface area contributed by atoms with E-state index in [1.807, 2.05) is 13.0 Å². The summed E-state index contributed by atoms with van der Waals surface area (Å²) < 4.78 is 22.7. The van der Waals surface area contributed by atoms with E-state index in [-0.39, 0.29) is 12.2 Å². The first-order valence-electron chi connectivity index (χ1n) is 14.4. The summed E-state index contributed by atoms with van der Waals surface area (Å²) in [6.45, 7) is 13.8. The standard InChI is InChI=1S/C30H42N6O4/c1-5-38-14-6-11-31-18-24-17-23(7-10-27(24)37-4)26-9-8-25-28(32-26)33-30(36-19-21(2)40-22(3)20-36)34-29(25)35-12-15-39-16-13-35/h7-10,17,21-22,31H,5-6,11-16,18-20H2,1-4H3/t21-,22+. The number of hydrogen-bond acceptors (Lipinski definition) is 10. The van der Waals surface area contributed by atoms with Gasteiger partial charge in [0.15, 0.2) is 5.65 Å². The van der Waals surface area contributed by atoms with E-state index in [4.69, 9.17) is 33.9 Å². The molecule has 5 rings (SSSR count). The Hall–Kier alpha value is -3.05. The Morgan fingerprint density at radius 2 is 1.80 bits per heavy atom. The molecule has 216 valence electrons. The number of nitrogens with zero attached hydrogens (tertiary/aromatic N) is 5. The summed E-state index contributed by atoms with van der Waals surface area (Å²) in [6, 6.07) is 10.4. The lowest BCUT2D eigenvalue weighted by molar-refractivity contribution is -0.00570. The molecule has 2 atom stereocenters. The lowest BCUT2D eigenvalue weighted by atomic mass is 10.1. The maximum absolute atomic E-state index is 5.97. The number of methoxy groups -OCH3 is 1. The third kappa shape index (κ3) is 6.80. The first kappa shape index (κ1) is 28.5. The smallest absolute Gasteiger partial charge is 0.229 e. The van der Waals surface area contributed by atoms with Gasteiger partial charge in [0.25, 0.3) is 0 Å². The number of anilines is 2. The zero-order valence-electron chi connectivity index (χ0n) is 24.2. The highest BCUT2D eigenvalue weighted by Gasteiger charge is 2.26. The zero-order valence-corrected chi connectivity index (χ0v) is 24.2. The van der Waals surface area contributed by atoms with Gasteiger partial charge >= 0.3 is 0 Å². The van der Waals surface area contributed by atoms with E-state index in [2.05, 4.69) is 53.2 Å². The molecule has 0 bridgehead atoms. The van der Waals surface area contributed by atoms with E-state index < -0.39 is 0 Å². The largest absolute Gasteiger partial charge is 0.496 e. The van der Waals surface area contributed by atoms with Gasteiger partial charge in [-0.3, -0.25) is 0 Å². The minimum atomic E-state index is 0.111. The highest BCUT2D eigenvalue weighted by atomic mass is 16.5. The van der Waals surface area contributed by atoms with Crippen molar-refractivity contribution in [3.8, 4) is 17.0 Å². The van der Waals surface area contributed by atoms with Crippen LogP contribution in [0.25, 0.3) is 22.3 Å². The molecule has 0 radical (unpaired) electrons. The first-order valence-corrected chi connectivity index (χ1v) is 14.4. The van der Waals surface area contributed by atoms with E-state index >= 15 is 0 Å². The molecule has 2 fully saturated rings. The van der Waals surface area contributed by atoms with E-state index in [0.717, 1.165) is 86.1 Å². The van der Waals surface area contributed by atoms with Crippen LogP contribution in [0.4, 0.5) is 11.8 Å². The van der Waals surface area contributed by atoms with E-state index in [9.17, 15) is 0 Å². The third-order valence-electron chi connectivity index (χ3n) is 7.28. The Balaban J connectivity index is 1.46. The number of rotatable bonds is 11. The number of hydrogen-bond donors (Lipinski definition) is 1. The van der Waals surface area contributed by atoms with Crippen LogP contribution >= 0.6 is 0 Å². The lowest BCUT2D eigenvalue weighted by Gasteiger charge is -2.36. The van der Waals surface area contributed by atoms with Gasteiger partial charge in [0.1, 0.15) is 11.6 Å². The highest BCUT2D eigenvalue weighted by Crippen LogP contribution is 2.31. The normalized spacial score (nSPS) is 19.8. The number of fused-ring (bicyclic) bond motifs is 1. The molecule has 2 saturated heterocycles. The van der Waals surface area contributed by atoms with Crippen LogP contribution in [-0.2, 0) is 20.8 Å². The van der Waals surface area contributed by atoms with Gasteiger partial charge in [0, 0.05) is 57.1 Å².